The van der Waals surface area contributed by atoms with E-state index in [4.69, 9.17) is 5.11 Å². The normalized spacial score (nSPS) is 13.4. The minimum absolute atomic E-state index is 0.184. The van der Waals surface area contributed by atoms with E-state index >= 15 is 0 Å². The molecular formula is C20H22F2N2O5S. The highest BCUT2D eigenvalue weighted by atomic mass is 32.2. The van der Waals surface area contributed by atoms with Crippen LogP contribution in [0.15, 0.2) is 41.3 Å². The number of carboxylic acid groups (broad SMARTS) is 1. The molecule has 0 heterocycles. The number of halogens is 2. The maximum atomic E-state index is 14.0. The summed E-state index contributed by atoms with van der Waals surface area (Å²) in [4.78, 5) is 23.4. The van der Waals surface area contributed by atoms with Crippen molar-refractivity contribution in [2.24, 2.45) is 5.41 Å². The molecule has 4 N–H and O–H groups in total. The second-order valence-electron chi connectivity index (χ2n) is 7.59. The van der Waals surface area contributed by atoms with Crippen LogP contribution in [-0.4, -0.2) is 39.3 Å². The van der Waals surface area contributed by atoms with Crippen LogP contribution in [0.3, 0.4) is 0 Å². The van der Waals surface area contributed by atoms with Crippen LogP contribution < -0.4 is 10.0 Å². The number of hydrogen-bond donors (Lipinski definition) is 4. The van der Waals surface area contributed by atoms with Crippen molar-refractivity contribution in [2.75, 3.05) is 11.3 Å². The lowest BCUT2D eigenvalue weighted by molar-refractivity contribution is 0.0691. The van der Waals surface area contributed by atoms with Crippen molar-refractivity contribution >= 4 is 28.9 Å². The first-order chi connectivity index (χ1) is 13.9. The molecule has 0 aliphatic carbocycles. The topological polar surface area (TPSA) is 122 Å². The highest BCUT2D eigenvalue weighted by molar-refractivity contribution is 7.92. The van der Waals surface area contributed by atoms with Crippen molar-refractivity contribution in [1.29, 1.82) is 0 Å². The van der Waals surface area contributed by atoms with Crippen LogP contribution in [0.4, 0.5) is 14.5 Å². The number of hydrogen-bond acceptors (Lipinski definition) is 5. The number of carboxylic acids is 1. The van der Waals surface area contributed by atoms with Gasteiger partial charge in [0.05, 0.1) is 18.2 Å². The molecule has 0 bridgehead atoms. The van der Waals surface area contributed by atoms with Gasteiger partial charge < -0.3 is 20.1 Å². The number of carbonyl (C=O) groups is 2. The number of rotatable bonds is 7. The third-order valence-electron chi connectivity index (χ3n) is 4.35. The van der Waals surface area contributed by atoms with Gasteiger partial charge in [-0.2, -0.15) is 0 Å². The predicted molar refractivity (Wildman–Crippen MR) is 108 cm³/mol. The zero-order valence-corrected chi connectivity index (χ0v) is 17.3. The minimum Gasteiger partial charge on any atom is -0.588 e. The molecule has 0 saturated carbocycles. The summed E-state index contributed by atoms with van der Waals surface area (Å²) >= 11 is -1.99. The Balaban J connectivity index is 2.12. The first-order valence-electron chi connectivity index (χ1n) is 8.86. The highest BCUT2D eigenvalue weighted by Gasteiger charge is 2.26. The lowest BCUT2D eigenvalue weighted by atomic mass is 9.87. The Morgan fingerprint density at radius 2 is 1.73 bits per heavy atom. The van der Waals surface area contributed by atoms with E-state index in [0.29, 0.717) is 12.1 Å². The fourth-order valence-electron chi connectivity index (χ4n) is 2.46. The number of amides is 1. The number of aromatic carboxylic acids is 1. The average molecular weight is 440 g/mol. The molecule has 1 amide bonds. The molecule has 0 aliphatic rings. The third kappa shape index (κ3) is 5.68. The van der Waals surface area contributed by atoms with Crippen LogP contribution in [0, 0.1) is 17.0 Å². The van der Waals surface area contributed by atoms with E-state index in [1.165, 1.54) is 24.3 Å². The molecule has 2 rings (SSSR count). The van der Waals surface area contributed by atoms with Crippen LogP contribution in [0.1, 0.15) is 41.5 Å². The second kappa shape index (κ2) is 9.41. The number of nitrogens with one attached hydrogen (secondary N) is 2. The minimum atomic E-state index is -1.99. The fourth-order valence-corrected chi connectivity index (χ4v) is 3.31. The van der Waals surface area contributed by atoms with Gasteiger partial charge in [-0.25, -0.2) is 18.3 Å². The average Bonchev–Trinajstić information content (AvgIpc) is 2.67. The van der Waals surface area contributed by atoms with Crippen molar-refractivity contribution in [3.8, 4) is 0 Å². The van der Waals surface area contributed by atoms with Crippen LogP contribution in [-0.2, 0) is 11.4 Å². The standard InChI is InChI=1S/C20H22F2N2O5S/c1-20(2,3)17(10-25)23-18(26)11-4-6-12(7-5-11)30(29)24-16-9-14(21)13(19(27)28)8-15(16)22/h4-9,17,24-25H,10H2,1-3H3,(H,23,26)(H,27,28). The van der Waals surface area contributed by atoms with E-state index in [0.717, 1.165) is 0 Å². The van der Waals surface area contributed by atoms with Gasteiger partial charge in [-0.15, -0.1) is 0 Å². The first kappa shape index (κ1) is 23.6. The molecular weight excluding hydrogens is 418 g/mol. The van der Waals surface area contributed by atoms with E-state index in [2.05, 4.69) is 10.0 Å². The molecule has 0 radical (unpaired) electrons. The first-order valence-corrected chi connectivity index (χ1v) is 10.0. The van der Waals surface area contributed by atoms with Gasteiger partial charge in [0.15, 0.2) is 10.7 Å². The third-order valence-corrected chi connectivity index (χ3v) is 5.46. The Bertz CT molecular complexity index is 932. The molecule has 30 heavy (non-hydrogen) atoms. The van der Waals surface area contributed by atoms with Crippen LogP contribution in [0.2, 0.25) is 0 Å². The molecule has 2 atom stereocenters. The van der Waals surface area contributed by atoms with Crippen molar-refractivity contribution in [2.45, 2.75) is 31.7 Å². The number of aliphatic hydroxyl groups is 1. The van der Waals surface area contributed by atoms with Crippen molar-refractivity contribution < 1.29 is 33.1 Å². The number of aliphatic hydroxyl groups excluding tert-OH is 1. The summed E-state index contributed by atoms with van der Waals surface area (Å²) in [6.07, 6.45) is 0. The summed E-state index contributed by atoms with van der Waals surface area (Å²) in [5.74, 6) is -4.29. The van der Waals surface area contributed by atoms with Crippen LogP contribution in [0.5, 0.6) is 0 Å². The molecule has 10 heteroatoms. The molecule has 0 aliphatic heterocycles. The Hall–Kier alpha value is -2.69. The monoisotopic (exact) mass is 440 g/mol. The zero-order chi connectivity index (χ0) is 22.6. The summed E-state index contributed by atoms with van der Waals surface area (Å²) in [5, 5.41) is 21.0. The SMILES string of the molecule is CC(C)(C)C(CO)NC(=O)c1ccc([S+]([O-])Nc2cc(F)c(C(=O)O)cc2F)cc1. The van der Waals surface area contributed by atoms with Crippen molar-refractivity contribution in [1.82, 2.24) is 5.32 Å². The van der Waals surface area contributed by atoms with Crippen LogP contribution in [0.25, 0.3) is 0 Å². The lowest BCUT2D eigenvalue weighted by Crippen LogP contribution is -2.46. The van der Waals surface area contributed by atoms with E-state index in [-0.39, 0.29) is 22.5 Å². The van der Waals surface area contributed by atoms with E-state index in [1.54, 1.807) is 0 Å². The molecule has 2 aromatic carbocycles. The Morgan fingerprint density at radius 3 is 2.23 bits per heavy atom. The molecule has 2 aromatic rings. The maximum absolute atomic E-state index is 14.0. The Labute approximate surface area is 175 Å². The number of carbonyl (C=O) groups excluding carboxylic acids is 1. The lowest BCUT2D eigenvalue weighted by Gasteiger charge is -2.29. The largest absolute Gasteiger partial charge is 0.588 e. The predicted octanol–water partition coefficient (Wildman–Crippen LogP) is 2.93. The Morgan fingerprint density at radius 1 is 1.13 bits per heavy atom. The van der Waals surface area contributed by atoms with Gasteiger partial charge in [0.1, 0.15) is 22.9 Å². The molecule has 162 valence electrons. The van der Waals surface area contributed by atoms with E-state index in [1.807, 2.05) is 20.8 Å². The van der Waals surface area contributed by atoms with Gasteiger partial charge >= 0.3 is 5.97 Å². The van der Waals surface area contributed by atoms with Gasteiger partial charge in [0.25, 0.3) is 5.91 Å². The van der Waals surface area contributed by atoms with E-state index in [9.17, 15) is 28.0 Å². The smallest absolute Gasteiger partial charge is 0.338 e. The van der Waals surface area contributed by atoms with Gasteiger partial charge in [-0.3, -0.25) is 4.79 Å². The fraction of sp³-hybridized carbons (Fsp3) is 0.300. The van der Waals surface area contributed by atoms with Gasteiger partial charge in [0, 0.05) is 11.6 Å². The molecule has 0 saturated heterocycles. The Kier molecular flexibility index (Phi) is 7.40. The van der Waals surface area contributed by atoms with E-state index < -0.39 is 52.2 Å². The molecule has 0 aromatic heterocycles. The molecule has 0 fully saturated rings. The van der Waals surface area contributed by atoms with Crippen LogP contribution >= 0.6 is 0 Å². The second-order valence-corrected chi connectivity index (χ2v) is 8.80. The maximum Gasteiger partial charge on any atom is 0.338 e. The van der Waals surface area contributed by atoms with Gasteiger partial charge in [-0.05, 0) is 35.7 Å². The molecule has 0 spiro atoms. The number of anilines is 1. The van der Waals surface area contributed by atoms with Crippen molar-refractivity contribution in [3.63, 3.8) is 0 Å². The summed E-state index contributed by atoms with van der Waals surface area (Å²) in [6.45, 7) is 5.38. The van der Waals surface area contributed by atoms with Gasteiger partial charge in [0.2, 0.25) is 0 Å². The zero-order valence-electron chi connectivity index (χ0n) is 16.5. The summed E-state index contributed by atoms with van der Waals surface area (Å²) in [5.41, 5.74) is -1.39. The van der Waals surface area contributed by atoms with Crippen molar-refractivity contribution in [3.05, 3.63) is 59.2 Å². The van der Waals surface area contributed by atoms with Gasteiger partial charge in [-0.1, -0.05) is 20.8 Å². The highest BCUT2D eigenvalue weighted by Crippen LogP contribution is 2.23. The molecule has 2 unspecified atom stereocenters. The summed E-state index contributed by atoms with van der Waals surface area (Å²) < 4.78 is 42.4. The summed E-state index contributed by atoms with van der Waals surface area (Å²) in [7, 11) is 0. The quantitative estimate of drug-likeness (QED) is 0.491. The summed E-state index contributed by atoms with van der Waals surface area (Å²) in [6, 6.07) is 6.22. The molecule has 7 nitrogen and oxygen atoms in total. The number of benzene rings is 2.